The Labute approximate surface area is 337 Å². The zero-order valence-electron chi connectivity index (χ0n) is 31.8. The van der Waals surface area contributed by atoms with Crippen molar-refractivity contribution in [3.05, 3.63) is 121 Å². The number of benzene rings is 4. The third-order valence-electron chi connectivity index (χ3n) is 12.8. The van der Waals surface area contributed by atoms with Gasteiger partial charge >= 0.3 is 0 Å². The predicted octanol–water partition coefficient (Wildman–Crippen LogP) is 13.2. The van der Waals surface area contributed by atoms with Crippen LogP contribution in [0.5, 0.6) is 5.75 Å². The van der Waals surface area contributed by atoms with Gasteiger partial charge in [0, 0.05) is 50.2 Å². The van der Waals surface area contributed by atoms with Crippen molar-refractivity contribution < 1.29 is 30.6 Å². The van der Waals surface area contributed by atoms with Crippen molar-refractivity contribution in [2.75, 3.05) is 0 Å². The maximum absolute atomic E-state index is 11.1. The molecule has 0 radical (unpaired) electrons. The largest absolute Gasteiger partial charge is 0.507 e. The van der Waals surface area contributed by atoms with Gasteiger partial charge in [-0.15, -0.1) is 23.6 Å². The van der Waals surface area contributed by atoms with Crippen LogP contribution in [0.2, 0.25) is 0 Å². The second kappa shape index (κ2) is 13.8. The van der Waals surface area contributed by atoms with E-state index in [0.717, 1.165) is 55.1 Å². The Balaban J connectivity index is 0.00000397. The Morgan fingerprint density at radius 2 is 1.62 bits per heavy atom. The molecule has 1 spiro atoms. The summed E-state index contributed by atoms with van der Waals surface area (Å²) in [6.45, 7) is 6.40. The molecule has 2 aliphatic carbocycles. The monoisotopic (exact) mass is 903 g/mol. The minimum Gasteiger partial charge on any atom is -0.507 e. The molecule has 6 heteroatoms. The molecular formula is C49H46N3O2Pt-. The summed E-state index contributed by atoms with van der Waals surface area (Å²) >= 11 is 0. The average Bonchev–Trinajstić information content (AvgIpc) is 3.87. The minimum absolute atomic E-state index is 0. The first-order valence-electron chi connectivity index (χ1n) is 19.8. The third-order valence-corrected chi connectivity index (χ3v) is 12.8. The molecule has 8 aromatic rings. The molecule has 0 atom stereocenters. The third kappa shape index (κ3) is 6.29. The molecule has 0 bridgehead atoms. The summed E-state index contributed by atoms with van der Waals surface area (Å²) in [4.78, 5) is 9.90. The zero-order chi connectivity index (χ0) is 36.6. The second-order valence-corrected chi connectivity index (χ2v) is 17.1. The molecule has 2 aliphatic rings. The topological polar surface area (TPSA) is 63.6 Å². The normalized spacial score (nSPS) is 16.3. The van der Waals surface area contributed by atoms with E-state index < -0.39 is 0 Å². The Hall–Kier alpha value is -4.73. The summed E-state index contributed by atoms with van der Waals surface area (Å²) in [5, 5.41) is 14.1. The van der Waals surface area contributed by atoms with Crippen LogP contribution in [-0.2, 0) is 26.5 Å². The smallest absolute Gasteiger partial charge is 0.230 e. The van der Waals surface area contributed by atoms with Gasteiger partial charge in [-0.1, -0.05) is 87.4 Å². The number of aromatic hydroxyl groups is 1. The molecule has 1 N–H and O–H groups in total. The van der Waals surface area contributed by atoms with Crippen molar-refractivity contribution in [3.8, 4) is 39.6 Å². The van der Waals surface area contributed by atoms with Gasteiger partial charge in [-0.3, -0.25) is 4.98 Å². The molecule has 4 aromatic heterocycles. The van der Waals surface area contributed by atoms with Crippen molar-refractivity contribution in [2.24, 2.45) is 5.41 Å². The van der Waals surface area contributed by atoms with E-state index in [2.05, 4.69) is 104 Å². The summed E-state index contributed by atoms with van der Waals surface area (Å²) in [6, 6.07) is 35.8. The van der Waals surface area contributed by atoms with Gasteiger partial charge in [-0.25, -0.2) is 4.98 Å². The van der Waals surface area contributed by atoms with E-state index in [1.54, 1.807) is 0 Å². The first kappa shape index (κ1) is 35.9. The van der Waals surface area contributed by atoms with Crippen LogP contribution in [0, 0.1) is 11.5 Å². The van der Waals surface area contributed by atoms with E-state index >= 15 is 0 Å². The van der Waals surface area contributed by atoms with E-state index in [1.807, 2.05) is 30.5 Å². The molecule has 280 valence electrons. The number of fused-ring (bicyclic) bond motifs is 8. The van der Waals surface area contributed by atoms with Gasteiger partial charge in [0.25, 0.3) is 0 Å². The quantitative estimate of drug-likeness (QED) is 0.141. The summed E-state index contributed by atoms with van der Waals surface area (Å²) in [5.74, 6) is 1.23. The number of hydrogen-bond acceptors (Lipinski definition) is 4. The minimum atomic E-state index is -0.0892. The van der Waals surface area contributed by atoms with E-state index in [1.165, 1.54) is 68.9 Å². The van der Waals surface area contributed by atoms with Gasteiger partial charge in [0.15, 0.2) is 0 Å². The Morgan fingerprint density at radius 3 is 2.38 bits per heavy atom. The zero-order valence-corrected chi connectivity index (χ0v) is 34.0. The maximum atomic E-state index is 11.1. The fraction of sp³-hybridized carbons (Fsp3) is 0.306. The number of nitrogens with zero attached hydrogens (tertiary/aromatic N) is 3. The predicted molar refractivity (Wildman–Crippen MR) is 220 cm³/mol. The SMILES string of the molecule is CC(C)(C)c1ccc(-c2nc3c(ccc4c3c3[c-]c(-c5cc(-c6ccc(C7CCC8(CCCCC8)CC7)cc6)ccn5)ccc3c3cccn34)o2)c(O)c1.[Pt]. The van der Waals surface area contributed by atoms with Crippen molar-refractivity contribution in [3.63, 3.8) is 0 Å². The molecule has 0 aliphatic heterocycles. The van der Waals surface area contributed by atoms with Gasteiger partial charge in [0.2, 0.25) is 5.89 Å². The number of hydrogen-bond donors (Lipinski definition) is 1. The van der Waals surface area contributed by atoms with Crippen LogP contribution in [0.15, 0.2) is 108 Å². The molecule has 10 rings (SSSR count). The number of pyridine rings is 2. The van der Waals surface area contributed by atoms with E-state index in [9.17, 15) is 5.11 Å². The van der Waals surface area contributed by atoms with Crippen LogP contribution in [0.3, 0.4) is 0 Å². The van der Waals surface area contributed by atoms with Crippen molar-refractivity contribution in [1.29, 1.82) is 0 Å². The molecule has 55 heavy (non-hydrogen) atoms. The first-order valence-corrected chi connectivity index (χ1v) is 19.8. The van der Waals surface area contributed by atoms with E-state index in [0.29, 0.717) is 28.4 Å². The summed E-state index contributed by atoms with van der Waals surface area (Å²) in [5.41, 5.74) is 11.4. The molecule has 0 unspecified atom stereocenters. The Morgan fingerprint density at radius 1 is 0.818 bits per heavy atom. The number of oxazole rings is 1. The van der Waals surface area contributed by atoms with Crippen molar-refractivity contribution >= 4 is 38.3 Å². The summed E-state index contributed by atoms with van der Waals surface area (Å²) in [7, 11) is 0. The van der Waals surface area contributed by atoms with Crippen molar-refractivity contribution in [2.45, 2.75) is 89.9 Å². The van der Waals surface area contributed by atoms with Gasteiger partial charge in [0.05, 0.1) is 11.1 Å². The molecule has 5 nitrogen and oxygen atoms in total. The number of phenols is 1. The molecule has 4 aromatic carbocycles. The first-order chi connectivity index (χ1) is 26.2. The molecular weight excluding hydrogens is 858 g/mol. The second-order valence-electron chi connectivity index (χ2n) is 17.1. The number of rotatable bonds is 4. The van der Waals surface area contributed by atoms with Gasteiger partial charge in [-0.2, -0.15) is 0 Å². The standard InChI is InChI=1S/C49H46N3O2.Pt/c1-48(2,3)36-14-16-38(43(53)30-36)47-51-46-44(54-47)18-17-42-45(46)39-28-35(13-15-37(39)41-8-7-27-52(41)42)40-29-34(21-26-50-40)32-11-9-31(10-12-32)33-19-24-49(25-20-33)22-5-4-6-23-49;/h7-18,21,26-27,29-30,33,53H,4-6,19-20,22-25H2,1-3H3;/q-1;. The fourth-order valence-electron chi connectivity index (χ4n) is 9.66. The summed E-state index contributed by atoms with van der Waals surface area (Å²) in [6.07, 6.45) is 16.7. The molecule has 2 fully saturated rings. The molecule has 2 saturated carbocycles. The molecule has 4 heterocycles. The van der Waals surface area contributed by atoms with Crippen LogP contribution in [-0.4, -0.2) is 19.5 Å². The summed E-state index contributed by atoms with van der Waals surface area (Å²) < 4.78 is 8.56. The number of aromatic nitrogens is 3. The van der Waals surface area contributed by atoms with Gasteiger partial charge in [-0.05, 0) is 125 Å². The van der Waals surface area contributed by atoms with E-state index in [-0.39, 0.29) is 32.2 Å². The van der Waals surface area contributed by atoms with Crippen LogP contribution in [0.4, 0.5) is 0 Å². The average molecular weight is 904 g/mol. The van der Waals surface area contributed by atoms with Crippen molar-refractivity contribution in [1.82, 2.24) is 14.4 Å². The molecule has 0 amide bonds. The number of phenolic OH excluding ortho intramolecular Hbond substituents is 1. The van der Waals surface area contributed by atoms with Crippen LogP contribution >= 0.6 is 0 Å². The van der Waals surface area contributed by atoms with Crippen LogP contribution in [0.25, 0.3) is 72.1 Å². The maximum Gasteiger partial charge on any atom is 0.230 e. The van der Waals surface area contributed by atoms with Gasteiger partial charge in [0.1, 0.15) is 11.3 Å². The van der Waals surface area contributed by atoms with E-state index in [4.69, 9.17) is 14.4 Å². The Kier molecular flexibility index (Phi) is 9.00. The molecule has 0 saturated heterocycles. The van der Waals surface area contributed by atoms with Gasteiger partial charge < -0.3 is 13.9 Å². The van der Waals surface area contributed by atoms with Crippen LogP contribution < -0.4 is 0 Å². The van der Waals surface area contributed by atoms with Crippen LogP contribution in [0.1, 0.15) is 95.6 Å². The fourth-order valence-corrected chi connectivity index (χ4v) is 9.66. The Bertz CT molecular complexity index is 2700.